The summed E-state index contributed by atoms with van der Waals surface area (Å²) in [5, 5.41) is 2.60. The lowest BCUT2D eigenvalue weighted by atomic mass is 10.1. The van der Waals surface area contributed by atoms with E-state index in [1.807, 2.05) is 18.7 Å². The Morgan fingerprint density at radius 3 is 2.35 bits per heavy atom. The number of aryl methyl sites for hydroxylation is 1. The maximum atomic E-state index is 12.4. The van der Waals surface area contributed by atoms with E-state index in [1.165, 1.54) is 6.92 Å². The SMILES string of the molecule is CCOC(=O)c1c(NC(=O)CN2C[C@@H](C)O[C@H](C)C2)oc(C)c1C(C)=O. The Morgan fingerprint density at radius 2 is 1.81 bits per heavy atom. The Morgan fingerprint density at radius 1 is 1.19 bits per heavy atom. The molecule has 0 aliphatic carbocycles. The van der Waals surface area contributed by atoms with Crippen molar-refractivity contribution >= 4 is 23.5 Å². The third-order valence-electron chi connectivity index (χ3n) is 4.03. The number of anilines is 1. The monoisotopic (exact) mass is 366 g/mol. The minimum atomic E-state index is -0.696. The molecule has 8 heteroatoms. The summed E-state index contributed by atoms with van der Waals surface area (Å²) >= 11 is 0. The molecule has 26 heavy (non-hydrogen) atoms. The number of Topliss-reactive ketones (excluding diaryl/α,β-unsaturated/α-hetero) is 1. The second-order valence-electron chi connectivity index (χ2n) is 6.51. The molecule has 2 heterocycles. The highest BCUT2D eigenvalue weighted by Gasteiger charge is 2.30. The zero-order valence-electron chi connectivity index (χ0n) is 15.9. The molecule has 144 valence electrons. The molecule has 0 radical (unpaired) electrons. The van der Waals surface area contributed by atoms with Crippen LogP contribution >= 0.6 is 0 Å². The van der Waals surface area contributed by atoms with E-state index in [2.05, 4.69) is 5.32 Å². The molecular formula is C18H26N2O6. The van der Waals surface area contributed by atoms with Gasteiger partial charge in [0, 0.05) is 13.1 Å². The number of furan rings is 1. The van der Waals surface area contributed by atoms with Crippen LogP contribution in [0.15, 0.2) is 4.42 Å². The van der Waals surface area contributed by atoms with Crippen molar-refractivity contribution in [2.45, 2.75) is 46.8 Å². The van der Waals surface area contributed by atoms with Crippen LogP contribution in [-0.2, 0) is 14.3 Å². The van der Waals surface area contributed by atoms with Crippen molar-refractivity contribution in [3.63, 3.8) is 0 Å². The molecule has 2 atom stereocenters. The number of hydrogen-bond acceptors (Lipinski definition) is 7. The number of nitrogens with zero attached hydrogens (tertiary/aromatic N) is 1. The lowest BCUT2D eigenvalue weighted by molar-refractivity contribution is -0.121. The smallest absolute Gasteiger partial charge is 0.344 e. The second kappa shape index (κ2) is 8.46. The Balaban J connectivity index is 2.17. The van der Waals surface area contributed by atoms with Crippen molar-refractivity contribution in [1.82, 2.24) is 4.90 Å². The third-order valence-corrected chi connectivity index (χ3v) is 4.03. The highest BCUT2D eigenvalue weighted by Crippen LogP contribution is 2.28. The number of morpholine rings is 1. The molecule has 1 N–H and O–H groups in total. The summed E-state index contributed by atoms with van der Waals surface area (Å²) < 4.78 is 16.1. The number of amides is 1. The third kappa shape index (κ3) is 4.70. The van der Waals surface area contributed by atoms with Crippen LogP contribution in [0.3, 0.4) is 0 Å². The maximum Gasteiger partial charge on any atom is 0.344 e. The Bertz CT molecular complexity index is 686. The number of carbonyl (C=O) groups is 3. The predicted octanol–water partition coefficient (Wildman–Crippen LogP) is 2.02. The first-order chi connectivity index (χ1) is 12.2. The van der Waals surface area contributed by atoms with Crippen LogP contribution in [-0.4, -0.2) is 61.0 Å². The molecule has 0 spiro atoms. The summed E-state index contributed by atoms with van der Waals surface area (Å²) in [5.74, 6) is -1.14. The van der Waals surface area contributed by atoms with Gasteiger partial charge in [0.05, 0.1) is 30.9 Å². The highest BCUT2D eigenvalue weighted by molar-refractivity contribution is 6.10. The van der Waals surface area contributed by atoms with Crippen molar-refractivity contribution in [3.8, 4) is 0 Å². The normalized spacial score (nSPS) is 20.7. The van der Waals surface area contributed by atoms with Crippen molar-refractivity contribution in [2.75, 3.05) is 31.6 Å². The number of esters is 1. The fourth-order valence-corrected chi connectivity index (χ4v) is 3.24. The molecule has 0 aromatic carbocycles. The number of hydrogen-bond donors (Lipinski definition) is 1. The van der Waals surface area contributed by atoms with Crippen LogP contribution in [0.5, 0.6) is 0 Å². The van der Waals surface area contributed by atoms with Crippen molar-refractivity contribution in [1.29, 1.82) is 0 Å². The first-order valence-electron chi connectivity index (χ1n) is 8.72. The minimum absolute atomic E-state index is 0.0334. The quantitative estimate of drug-likeness (QED) is 0.607. The van der Waals surface area contributed by atoms with Crippen LogP contribution in [0.1, 0.15) is 54.2 Å². The molecular weight excluding hydrogens is 340 g/mol. The molecule has 8 nitrogen and oxygen atoms in total. The van der Waals surface area contributed by atoms with Gasteiger partial charge < -0.3 is 13.9 Å². The van der Waals surface area contributed by atoms with Gasteiger partial charge in [-0.1, -0.05) is 0 Å². The zero-order chi connectivity index (χ0) is 19.4. The topological polar surface area (TPSA) is 98.1 Å². The van der Waals surface area contributed by atoms with E-state index in [-0.39, 0.29) is 59.8 Å². The Hall–Kier alpha value is -2.19. The summed E-state index contributed by atoms with van der Waals surface area (Å²) in [6.07, 6.45) is 0.0774. The highest BCUT2D eigenvalue weighted by atomic mass is 16.5. The molecule has 0 bridgehead atoms. The molecule has 1 aromatic heterocycles. The Labute approximate surface area is 152 Å². The fraction of sp³-hybridized carbons (Fsp3) is 0.611. The van der Waals surface area contributed by atoms with Gasteiger partial charge in [0.25, 0.3) is 0 Å². The summed E-state index contributed by atoms with van der Waals surface area (Å²) in [6.45, 7) is 10.0. The molecule has 1 fully saturated rings. The number of ether oxygens (including phenoxy) is 2. The predicted molar refractivity (Wildman–Crippen MR) is 94.5 cm³/mol. The van der Waals surface area contributed by atoms with E-state index in [4.69, 9.17) is 13.9 Å². The first-order valence-corrected chi connectivity index (χ1v) is 8.72. The summed E-state index contributed by atoms with van der Waals surface area (Å²) in [7, 11) is 0. The first kappa shape index (κ1) is 20.1. The van der Waals surface area contributed by atoms with Gasteiger partial charge in [0.15, 0.2) is 5.78 Å². The largest absolute Gasteiger partial charge is 0.462 e. The van der Waals surface area contributed by atoms with Gasteiger partial charge in [-0.15, -0.1) is 0 Å². The van der Waals surface area contributed by atoms with Gasteiger partial charge in [-0.25, -0.2) is 4.79 Å². The number of rotatable bonds is 6. The molecule has 2 rings (SSSR count). The fourth-order valence-electron chi connectivity index (χ4n) is 3.24. The van der Waals surface area contributed by atoms with E-state index < -0.39 is 5.97 Å². The summed E-state index contributed by atoms with van der Waals surface area (Å²) in [6, 6.07) is 0. The van der Waals surface area contributed by atoms with Crippen LogP contribution in [0.4, 0.5) is 5.88 Å². The molecule has 1 saturated heterocycles. The van der Waals surface area contributed by atoms with E-state index in [9.17, 15) is 14.4 Å². The number of nitrogens with one attached hydrogen (secondary N) is 1. The number of carbonyl (C=O) groups excluding carboxylic acids is 3. The molecule has 0 unspecified atom stereocenters. The lowest BCUT2D eigenvalue weighted by Gasteiger charge is -2.34. The van der Waals surface area contributed by atoms with Crippen molar-refractivity contribution < 1.29 is 28.3 Å². The molecule has 1 aliphatic rings. The molecule has 1 aliphatic heterocycles. The van der Waals surface area contributed by atoms with Crippen LogP contribution in [0.25, 0.3) is 0 Å². The van der Waals surface area contributed by atoms with E-state index in [0.29, 0.717) is 13.1 Å². The summed E-state index contributed by atoms with van der Waals surface area (Å²) in [5.41, 5.74) is 0.0984. The van der Waals surface area contributed by atoms with Crippen LogP contribution in [0.2, 0.25) is 0 Å². The zero-order valence-corrected chi connectivity index (χ0v) is 15.9. The van der Waals surface area contributed by atoms with E-state index >= 15 is 0 Å². The molecule has 1 aromatic rings. The van der Waals surface area contributed by atoms with Crippen LogP contribution in [0, 0.1) is 6.92 Å². The minimum Gasteiger partial charge on any atom is -0.462 e. The second-order valence-corrected chi connectivity index (χ2v) is 6.51. The van der Waals surface area contributed by atoms with E-state index in [1.54, 1.807) is 13.8 Å². The molecule has 1 amide bonds. The summed E-state index contributed by atoms with van der Waals surface area (Å²) in [4.78, 5) is 38.5. The van der Waals surface area contributed by atoms with Gasteiger partial charge in [-0.05, 0) is 34.6 Å². The number of ketones is 1. The molecule has 0 saturated carbocycles. The average molecular weight is 366 g/mol. The average Bonchev–Trinajstić information content (AvgIpc) is 2.82. The maximum absolute atomic E-state index is 12.4. The Kier molecular flexibility index (Phi) is 6.55. The standard InChI is InChI=1S/C18H26N2O6/c1-6-24-18(23)16-15(12(4)21)13(5)26-17(16)19-14(22)9-20-7-10(2)25-11(3)8-20/h10-11H,6-9H2,1-5H3,(H,19,22)/t10-,11-/m1/s1. The van der Waals surface area contributed by atoms with Gasteiger partial charge in [-0.3, -0.25) is 19.8 Å². The van der Waals surface area contributed by atoms with E-state index in [0.717, 1.165) is 0 Å². The van der Waals surface area contributed by atoms with Crippen molar-refractivity contribution in [2.24, 2.45) is 0 Å². The van der Waals surface area contributed by atoms with Gasteiger partial charge in [0.2, 0.25) is 11.8 Å². The van der Waals surface area contributed by atoms with Gasteiger partial charge >= 0.3 is 5.97 Å². The lowest BCUT2D eigenvalue weighted by Crippen LogP contribution is -2.48. The van der Waals surface area contributed by atoms with Gasteiger partial charge in [0.1, 0.15) is 11.3 Å². The van der Waals surface area contributed by atoms with Gasteiger partial charge in [-0.2, -0.15) is 0 Å². The van der Waals surface area contributed by atoms with Crippen molar-refractivity contribution in [3.05, 3.63) is 16.9 Å². The van der Waals surface area contributed by atoms with Crippen LogP contribution < -0.4 is 5.32 Å².